The number of phenols is 2. The fraction of sp³-hybridized carbons (Fsp3) is 0.107. The van der Waals surface area contributed by atoms with Gasteiger partial charge in [-0.15, -0.1) is 0 Å². The number of phenolic OH excluding ortho intramolecular Hbond substituents is 2. The number of aryl methyl sites for hydroxylation is 1. The lowest BCUT2D eigenvalue weighted by molar-refractivity contribution is -0.135. The summed E-state index contributed by atoms with van der Waals surface area (Å²) in [6, 6.07) is 14.6. The summed E-state index contributed by atoms with van der Waals surface area (Å²) in [6.07, 6.45) is 1.12. The highest BCUT2D eigenvalue weighted by molar-refractivity contribution is 5.94. The maximum absolute atomic E-state index is 13.4. The van der Waals surface area contributed by atoms with Crippen molar-refractivity contribution in [2.24, 2.45) is 0 Å². The smallest absolute Gasteiger partial charge is 0.312 e. The van der Waals surface area contributed by atoms with Crippen LogP contribution in [0.25, 0.3) is 33.0 Å². The summed E-state index contributed by atoms with van der Waals surface area (Å²) in [5.74, 6) is -1.67. The summed E-state index contributed by atoms with van der Waals surface area (Å²) in [5, 5.41) is 21.0. The molecular formula is C28H19NO7. The SMILES string of the molecule is Cc1ccc2cc([C@H]3CC(=O)Oc4cc(O)c5c(=O)c(-c6ccc(O)cc6)coc5c43)c(=O)[nH]c2c1. The number of aromatic hydroxyl groups is 2. The van der Waals surface area contributed by atoms with Crippen molar-refractivity contribution < 1.29 is 24.2 Å². The number of nitrogens with one attached hydrogen (secondary N) is 1. The molecule has 0 spiro atoms. The van der Waals surface area contributed by atoms with E-state index in [1.807, 2.05) is 25.1 Å². The van der Waals surface area contributed by atoms with Crippen LogP contribution in [0.4, 0.5) is 0 Å². The first-order chi connectivity index (χ1) is 17.3. The number of carbonyl (C=O) groups excluding carboxylic acids is 1. The van der Waals surface area contributed by atoms with Crippen molar-refractivity contribution in [2.45, 2.75) is 19.3 Å². The monoisotopic (exact) mass is 481 g/mol. The van der Waals surface area contributed by atoms with Crippen molar-refractivity contribution in [3.63, 3.8) is 0 Å². The lowest BCUT2D eigenvalue weighted by atomic mass is 9.85. The number of aromatic nitrogens is 1. The van der Waals surface area contributed by atoms with E-state index in [4.69, 9.17) is 9.15 Å². The quantitative estimate of drug-likeness (QED) is 0.251. The van der Waals surface area contributed by atoms with Gasteiger partial charge in [-0.05, 0) is 47.7 Å². The molecule has 8 nitrogen and oxygen atoms in total. The van der Waals surface area contributed by atoms with Gasteiger partial charge in [-0.25, -0.2) is 0 Å². The van der Waals surface area contributed by atoms with Gasteiger partial charge in [0.05, 0.1) is 12.0 Å². The summed E-state index contributed by atoms with van der Waals surface area (Å²) in [4.78, 5) is 41.9. The van der Waals surface area contributed by atoms with Gasteiger partial charge in [-0.1, -0.05) is 24.3 Å². The molecule has 3 heterocycles. The second-order valence-corrected chi connectivity index (χ2v) is 8.91. The minimum absolute atomic E-state index is 0.0326. The highest BCUT2D eigenvalue weighted by Gasteiger charge is 2.35. The van der Waals surface area contributed by atoms with Gasteiger partial charge in [-0.3, -0.25) is 14.4 Å². The molecular weight excluding hydrogens is 462 g/mol. The summed E-state index contributed by atoms with van der Waals surface area (Å²) in [6.45, 7) is 1.92. The van der Waals surface area contributed by atoms with Crippen LogP contribution in [0.3, 0.4) is 0 Å². The van der Waals surface area contributed by atoms with E-state index < -0.39 is 23.1 Å². The number of rotatable bonds is 2. The van der Waals surface area contributed by atoms with E-state index in [-0.39, 0.29) is 40.0 Å². The molecule has 0 radical (unpaired) electrons. The minimum Gasteiger partial charge on any atom is -0.508 e. The van der Waals surface area contributed by atoms with Gasteiger partial charge in [0, 0.05) is 28.6 Å². The summed E-state index contributed by atoms with van der Waals surface area (Å²) >= 11 is 0. The molecule has 0 unspecified atom stereocenters. The maximum Gasteiger partial charge on any atom is 0.312 e. The number of esters is 1. The van der Waals surface area contributed by atoms with Gasteiger partial charge in [0.2, 0.25) is 5.43 Å². The molecule has 0 aliphatic carbocycles. The zero-order chi connectivity index (χ0) is 25.1. The Balaban J connectivity index is 1.61. The molecule has 2 aromatic heterocycles. The van der Waals surface area contributed by atoms with Crippen molar-refractivity contribution in [1.82, 2.24) is 4.98 Å². The Morgan fingerprint density at radius 3 is 2.53 bits per heavy atom. The first-order valence-electron chi connectivity index (χ1n) is 11.2. The molecule has 178 valence electrons. The largest absolute Gasteiger partial charge is 0.508 e. The fourth-order valence-electron chi connectivity index (χ4n) is 4.83. The predicted molar refractivity (Wildman–Crippen MR) is 133 cm³/mol. The number of fused-ring (bicyclic) bond motifs is 4. The van der Waals surface area contributed by atoms with Crippen LogP contribution < -0.4 is 15.7 Å². The maximum atomic E-state index is 13.4. The number of pyridine rings is 1. The number of carbonyl (C=O) groups is 1. The van der Waals surface area contributed by atoms with Gasteiger partial charge >= 0.3 is 5.97 Å². The van der Waals surface area contributed by atoms with Gasteiger partial charge in [0.15, 0.2) is 0 Å². The normalized spacial score (nSPS) is 15.1. The molecule has 0 saturated carbocycles. The average Bonchev–Trinajstić information content (AvgIpc) is 2.83. The van der Waals surface area contributed by atoms with Crippen molar-refractivity contribution >= 4 is 27.8 Å². The standard InChI is InChI=1S/C28H19NO7/c1-13-2-3-15-9-18(28(34)29-20(15)8-13)17-10-23(32)36-22-11-21(31)25-26(33)19(12-35-27(25)24(17)22)14-4-6-16(30)7-5-14/h2-9,11-12,17,30-31H,10H2,1H3,(H,29,34)/t17-/m1/s1. The van der Waals surface area contributed by atoms with E-state index in [1.165, 1.54) is 24.5 Å². The predicted octanol–water partition coefficient (Wildman–Crippen LogP) is 4.46. The molecule has 3 aromatic carbocycles. The molecule has 36 heavy (non-hydrogen) atoms. The van der Waals surface area contributed by atoms with Crippen LogP contribution in [0.2, 0.25) is 0 Å². The molecule has 6 rings (SSSR count). The summed E-state index contributed by atoms with van der Waals surface area (Å²) in [5.41, 5.74) is 2.16. The fourth-order valence-corrected chi connectivity index (χ4v) is 4.83. The Bertz CT molecular complexity index is 1830. The molecule has 5 aromatic rings. The van der Waals surface area contributed by atoms with Gasteiger partial charge < -0.3 is 24.4 Å². The second-order valence-electron chi connectivity index (χ2n) is 8.91. The van der Waals surface area contributed by atoms with E-state index in [0.29, 0.717) is 22.2 Å². The van der Waals surface area contributed by atoms with E-state index in [1.54, 1.807) is 18.2 Å². The van der Waals surface area contributed by atoms with Crippen LogP contribution in [-0.2, 0) is 4.79 Å². The molecule has 0 fully saturated rings. The molecule has 1 aliphatic heterocycles. The Kier molecular flexibility index (Phi) is 4.72. The third kappa shape index (κ3) is 3.34. The van der Waals surface area contributed by atoms with Gasteiger partial charge in [-0.2, -0.15) is 0 Å². The zero-order valence-corrected chi connectivity index (χ0v) is 19.0. The lowest BCUT2D eigenvalue weighted by Gasteiger charge is -2.25. The van der Waals surface area contributed by atoms with E-state index in [0.717, 1.165) is 10.9 Å². The molecule has 1 atom stereocenters. The Hall–Kier alpha value is -4.85. The third-order valence-electron chi connectivity index (χ3n) is 6.55. The molecule has 0 saturated heterocycles. The zero-order valence-electron chi connectivity index (χ0n) is 19.0. The topological polar surface area (TPSA) is 130 Å². The van der Waals surface area contributed by atoms with Crippen LogP contribution in [-0.4, -0.2) is 21.2 Å². The summed E-state index contributed by atoms with van der Waals surface area (Å²) in [7, 11) is 0. The number of hydrogen-bond acceptors (Lipinski definition) is 7. The Morgan fingerprint density at radius 2 is 1.75 bits per heavy atom. The van der Waals surface area contributed by atoms with Crippen molar-refractivity contribution in [3.05, 3.63) is 98.1 Å². The van der Waals surface area contributed by atoms with Crippen LogP contribution in [0.15, 0.2) is 74.9 Å². The molecule has 0 bridgehead atoms. The number of benzene rings is 3. The van der Waals surface area contributed by atoms with Crippen LogP contribution >= 0.6 is 0 Å². The van der Waals surface area contributed by atoms with Crippen LogP contribution in [0.5, 0.6) is 17.2 Å². The number of hydrogen-bond donors (Lipinski definition) is 3. The first kappa shape index (κ1) is 21.7. The van der Waals surface area contributed by atoms with Crippen molar-refractivity contribution in [2.75, 3.05) is 0 Å². The Morgan fingerprint density at radius 1 is 0.972 bits per heavy atom. The van der Waals surface area contributed by atoms with Crippen molar-refractivity contribution in [3.8, 4) is 28.4 Å². The highest BCUT2D eigenvalue weighted by Crippen LogP contribution is 2.45. The molecule has 0 amide bonds. The Labute approximate surface area is 203 Å². The van der Waals surface area contributed by atoms with E-state index in [9.17, 15) is 24.6 Å². The minimum atomic E-state index is -0.763. The lowest BCUT2D eigenvalue weighted by Crippen LogP contribution is -2.26. The van der Waals surface area contributed by atoms with Gasteiger partial charge in [0.25, 0.3) is 5.56 Å². The highest BCUT2D eigenvalue weighted by atomic mass is 16.5. The number of ether oxygens (including phenoxy) is 1. The van der Waals surface area contributed by atoms with Crippen LogP contribution in [0.1, 0.15) is 29.0 Å². The first-order valence-corrected chi connectivity index (χ1v) is 11.2. The van der Waals surface area contributed by atoms with Gasteiger partial charge in [0.1, 0.15) is 34.5 Å². The number of H-pyrrole nitrogens is 1. The second kappa shape index (κ2) is 7.84. The molecule has 3 N–H and O–H groups in total. The molecule has 8 heteroatoms. The third-order valence-corrected chi connectivity index (χ3v) is 6.55. The number of aromatic amines is 1. The molecule has 1 aliphatic rings. The van der Waals surface area contributed by atoms with E-state index >= 15 is 0 Å². The average molecular weight is 481 g/mol. The van der Waals surface area contributed by atoms with Crippen molar-refractivity contribution in [1.29, 1.82) is 0 Å². The van der Waals surface area contributed by atoms with Crippen LogP contribution in [0, 0.1) is 6.92 Å². The van der Waals surface area contributed by atoms with E-state index in [2.05, 4.69) is 4.98 Å². The summed E-state index contributed by atoms with van der Waals surface area (Å²) < 4.78 is 11.3.